The van der Waals surface area contributed by atoms with Gasteiger partial charge < -0.3 is 4.84 Å². The Hall–Kier alpha value is -3.09. The van der Waals surface area contributed by atoms with Crippen LogP contribution in [0.15, 0.2) is 18.2 Å². The summed E-state index contributed by atoms with van der Waals surface area (Å²) in [7, 11) is 0. The molecule has 1 atom stereocenters. The van der Waals surface area contributed by atoms with Gasteiger partial charge in [-0.15, -0.1) is 5.06 Å². The lowest BCUT2D eigenvalue weighted by Gasteiger charge is -2.27. The second kappa shape index (κ2) is 8.81. The molecule has 7 nitrogen and oxygen atoms in total. The van der Waals surface area contributed by atoms with E-state index in [-0.39, 0.29) is 17.9 Å². The van der Waals surface area contributed by atoms with Crippen molar-refractivity contribution < 1.29 is 32.4 Å². The number of hydroxylamine groups is 2. The largest absolute Gasteiger partial charge is 0.417 e. The van der Waals surface area contributed by atoms with Gasteiger partial charge in [-0.2, -0.15) is 18.4 Å². The van der Waals surface area contributed by atoms with Crippen molar-refractivity contribution in [1.82, 2.24) is 10.4 Å². The molecule has 1 saturated carbocycles. The minimum absolute atomic E-state index is 0.255. The molecule has 0 bridgehead atoms. The summed E-state index contributed by atoms with van der Waals surface area (Å²) in [5, 5.41) is 11.8. The fraction of sp³-hybridized carbons (Fsp3) is 0.545. The molecule has 1 aliphatic carbocycles. The van der Waals surface area contributed by atoms with Crippen LogP contribution >= 0.6 is 0 Å². The maximum atomic E-state index is 13.5. The van der Waals surface area contributed by atoms with E-state index < -0.39 is 46.7 Å². The minimum Gasteiger partial charge on any atom is -0.336 e. The first kappa shape index (κ1) is 23.6. The average Bonchev–Trinajstić information content (AvgIpc) is 3.29. The number of rotatable bonds is 6. The Morgan fingerprint density at radius 1 is 1.31 bits per heavy atom. The van der Waals surface area contributed by atoms with Crippen LogP contribution in [0.3, 0.4) is 0 Å². The highest BCUT2D eigenvalue weighted by atomic mass is 19.4. The van der Waals surface area contributed by atoms with Crippen molar-refractivity contribution in [3.8, 4) is 6.07 Å². The highest BCUT2D eigenvalue weighted by Gasteiger charge is 2.49. The molecule has 1 heterocycles. The molecule has 0 spiro atoms. The molecule has 1 N–H and O–H groups in total. The van der Waals surface area contributed by atoms with Gasteiger partial charge in [0.25, 0.3) is 5.91 Å². The number of alkyl halides is 3. The van der Waals surface area contributed by atoms with Crippen LogP contribution in [0.5, 0.6) is 0 Å². The second-order valence-electron chi connectivity index (χ2n) is 8.78. The van der Waals surface area contributed by atoms with Gasteiger partial charge in [0.05, 0.1) is 23.6 Å². The third-order valence-corrected chi connectivity index (χ3v) is 6.11. The van der Waals surface area contributed by atoms with Gasteiger partial charge in [0.2, 0.25) is 0 Å². The Labute approximate surface area is 183 Å². The number of amides is 3. The molecule has 1 aromatic rings. The summed E-state index contributed by atoms with van der Waals surface area (Å²) in [5.74, 6) is -1.79. The number of carbonyl (C=O) groups is 3. The Balaban J connectivity index is 1.85. The molecule has 2 aliphatic rings. The Morgan fingerprint density at radius 2 is 1.97 bits per heavy atom. The van der Waals surface area contributed by atoms with E-state index in [4.69, 9.17) is 10.1 Å². The van der Waals surface area contributed by atoms with Gasteiger partial charge in [-0.1, -0.05) is 31.7 Å². The number of halogens is 3. The SMILES string of the molecule is CC1(C)C(=O)NC(=O)N1OC(=O)CC(CC1CCCC1)c1ccc(C#N)c(C(F)(F)F)c1. The monoisotopic (exact) mass is 451 g/mol. The number of carbonyl (C=O) groups excluding carboxylic acids is 3. The maximum Gasteiger partial charge on any atom is 0.417 e. The molecule has 0 aromatic heterocycles. The summed E-state index contributed by atoms with van der Waals surface area (Å²) in [6.45, 7) is 2.82. The fourth-order valence-electron chi connectivity index (χ4n) is 4.28. The van der Waals surface area contributed by atoms with Crippen LogP contribution in [0, 0.1) is 17.2 Å². The summed E-state index contributed by atoms with van der Waals surface area (Å²) in [4.78, 5) is 41.6. The van der Waals surface area contributed by atoms with E-state index in [0.29, 0.717) is 11.5 Å². The first-order valence-electron chi connectivity index (χ1n) is 10.4. The van der Waals surface area contributed by atoms with E-state index in [2.05, 4.69) is 5.32 Å². The zero-order valence-electron chi connectivity index (χ0n) is 17.8. The van der Waals surface area contributed by atoms with Crippen molar-refractivity contribution in [2.45, 2.75) is 70.0 Å². The third kappa shape index (κ3) is 4.87. The van der Waals surface area contributed by atoms with Crippen LogP contribution in [0.4, 0.5) is 18.0 Å². The van der Waals surface area contributed by atoms with Gasteiger partial charge in [-0.05, 0) is 49.8 Å². The smallest absolute Gasteiger partial charge is 0.336 e. The predicted octanol–water partition coefficient (Wildman–Crippen LogP) is 4.42. The molecule has 2 fully saturated rings. The van der Waals surface area contributed by atoms with Gasteiger partial charge in [-0.3, -0.25) is 10.1 Å². The van der Waals surface area contributed by atoms with Crippen molar-refractivity contribution in [1.29, 1.82) is 5.26 Å². The van der Waals surface area contributed by atoms with E-state index in [1.807, 2.05) is 0 Å². The molecule has 1 aliphatic heterocycles. The van der Waals surface area contributed by atoms with Gasteiger partial charge in [0, 0.05) is 0 Å². The molecule has 3 rings (SSSR count). The summed E-state index contributed by atoms with van der Waals surface area (Å²) in [6.07, 6.45) is -0.618. The van der Waals surface area contributed by atoms with E-state index in [1.165, 1.54) is 19.9 Å². The Bertz CT molecular complexity index is 962. The van der Waals surface area contributed by atoms with Gasteiger partial charge in [0.1, 0.15) is 0 Å². The van der Waals surface area contributed by atoms with Crippen molar-refractivity contribution in [3.05, 3.63) is 34.9 Å². The molecule has 172 valence electrons. The molecular weight excluding hydrogens is 427 g/mol. The summed E-state index contributed by atoms with van der Waals surface area (Å²) in [6, 6.07) is 4.13. The van der Waals surface area contributed by atoms with Crippen LogP contribution in [-0.2, 0) is 20.6 Å². The zero-order chi connectivity index (χ0) is 23.7. The number of imide groups is 1. The lowest BCUT2D eigenvalue weighted by molar-refractivity contribution is -0.190. The van der Waals surface area contributed by atoms with E-state index in [0.717, 1.165) is 37.8 Å². The number of benzene rings is 1. The minimum atomic E-state index is -4.71. The topological polar surface area (TPSA) is 99.5 Å². The number of hydrogen-bond acceptors (Lipinski definition) is 5. The maximum absolute atomic E-state index is 13.5. The number of nitriles is 1. The van der Waals surface area contributed by atoms with E-state index in [1.54, 1.807) is 6.07 Å². The van der Waals surface area contributed by atoms with E-state index in [9.17, 15) is 27.6 Å². The summed E-state index contributed by atoms with van der Waals surface area (Å²) < 4.78 is 40.4. The van der Waals surface area contributed by atoms with Crippen molar-refractivity contribution in [2.24, 2.45) is 5.92 Å². The second-order valence-corrected chi connectivity index (χ2v) is 8.78. The zero-order valence-corrected chi connectivity index (χ0v) is 17.8. The normalized spacial score (nSPS) is 19.6. The first-order valence-corrected chi connectivity index (χ1v) is 10.4. The third-order valence-electron chi connectivity index (χ3n) is 6.11. The highest BCUT2D eigenvalue weighted by Crippen LogP contribution is 2.39. The van der Waals surface area contributed by atoms with Gasteiger partial charge in [-0.25, -0.2) is 9.59 Å². The lowest BCUT2D eigenvalue weighted by Crippen LogP contribution is -2.45. The highest BCUT2D eigenvalue weighted by molar-refractivity contribution is 6.06. The number of urea groups is 1. The van der Waals surface area contributed by atoms with E-state index >= 15 is 0 Å². The predicted molar refractivity (Wildman–Crippen MR) is 106 cm³/mol. The first-order chi connectivity index (χ1) is 14.9. The summed E-state index contributed by atoms with van der Waals surface area (Å²) in [5.41, 5.74) is -2.65. The standard InChI is InChI=1S/C22H24F3N3O4/c1-21(2)19(30)27-20(31)28(21)32-18(29)11-16(9-13-5-3-4-6-13)14-7-8-15(12-26)17(10-14)22(23,24)25/h7-8,10,13,16H,3-6,9,11H2,1-2H3,(H,27,30,31). The quantitative estimate of drug-likeness (QED) is 0.646. The Kier molecular flexibility index (Phi) is 6.49. The molecule has 10 heteroatoms. The molecule has 3 amide bonds. The van der Waals surface area contributed by atoms with Crippen molar-refractivity contribution >= 4 is 17.9 Å². The molecule has 0 radical (unpaired) electrons. The molecule has 1 unspecified atom stereocenters. The molecular formula is C22H24F3N3O4. The van der Waals surface area contributed by atoms with Crippen LogP contribution in [0.25, 0.3) is 0 Å². The molecule has 1 saturated heterocycles. The average molecular weight is 451 g/mol. The number of nitrogens with one attached hydrogen (secondary N) is 1. The van der Waals surface area contributed by atoms with Crippen molar-refractivity contribution in [2.75, 3.05) is 0 Å². The van der Waals surface area contributed by atoms with Gasteiger partial charge in [0.15, 0.2) is 5.54 Å². The van der Waals surface area contributed by atoms with Crippen LogP contribution < -0.4 is 5.32 Å². The van der Waals surface area contributed by atoms with Crippen LogP contribution in [0.1, 0.15) is 75.0 Å². The number of nitrogens with zero attached hydrogens (tertiary/aromatic N) is 2. The van der Waals surface area contributed by atoms with Gasteiger partial charge >= 0.3 is 18.2 Å². The lowest BCUT2D eigenvalue weighted by atomic mass is 9.84. The van der Waals surface area contributed by atoms with Crippen LogP contribution in [-0.4, -0.2) is 28.5 Å². The van der Waals surface area contributed by atoms with Crippen molar-refractivity contribution in [3.63, 3.8) is 0 Å². The number of hydrogen-bond donors (Lipinski definition) is 1. The van der Waals surface area contributed by atoms with Crippen LogP contribution in [0.2, 0.25) is 0 Å². The Morgan fingerprint density at radius 3 is 2.50 bits per heavy atom. The summed E-state index contributed by atoms with van der Waals surface area (Å²) >= 11 is 0. The fourth-order valence-corrected chi connectivity index (χ4v) is 4.28. The molecule has 32 heavy (non-hydrogen) atoms. The molecule has 1 aromatic carbocycles.